The first kappa shape index (κ1) is 14.7. The third kappa shape index (κ3) is 3.56. The highest BCUT2D eigenvalue weighted by atomic mass is 127. The topological polar surface area (TPSA) is 32.3 Å². The van der Waals surface area contributed by atoms with Gasteiger partial charge in [-0.3, -0.25) is 4.79 Å². The zero-order valence-corrected chi connectivity index (χ0v) is 12.6. The standard InChI is InChI=1S/C12H15IN2O.ClH/c1-9-8-14-5-6-15(9)12(16)10-3-2-4-11(13)7-10;/h2-4,7,9,14H,5-6,8H2,1H3;1H/t9-;/m0./s1. The number of rotatable bonds is 1. The predicted octanol–water partition coefficient (Wildman–Crippen LogP) is 2.15. The second-order valence-corrected chi connectivity index (χ2v) is 5.31. The van der Waals surface area contributed by atoms with Gasteiger partial charge in [0, 0.05) is 34.8 Å². The Labute approximate surface area is 122 Å². The molecule has 0 bridgehead atoms. The van der Waals surface area contributed by atoms with Crippen molar-refractivity contribution in [2.24, 2.45) is 0 Å². The molecule has 94 valence electrons. The largest absolute Gasteiger partial charge is 0.333 e. The zero-order valence-electron chi connectivity index (χ0n) is 9.65. The third-order valence-corrected chi connectivity index (χ3v) is 3.50. The number of carbonyl (C=O) groups excluding carboxylic acids is 1. The SMILES string of the molecule is C[C@H]1CNCCN1C(=O)c1cccc(I)c1.Cl. The van der Waals surface area contributed by atoms with Gasteiger partial charge >= 0.3 is 0 Å². The van der Waals surface area contributed by atoms with Crippen molar-refractivity contribution >= 4 is 40.9 Å². The van der Waals surface area contributed by atoms with Crippen LogP contribution in [0.3, 0.4) is 0 Å². The molecular weight excluding hydrogens is 351 g/mol. The van der Waals surface area contributed by atoms with Gasteiger partial charge in [0.25, 0.3) is 5.91 Å². The van der Waals surface area contributed by atoms with E-state index in [-0.39, 0.29) is 24.4 Å². The fraction of sp³-hybridized carbons (Fsp3) is 0.417. The molecule has 1 fully saturated rings. The quantitative estimate of drug-likeness (QED) is 0.773. The van der Waals surface area contributed by atoms with Gasteiger partial charge in [-0.15, -0.1) is 12.4 Å². The van der Waals surface area contributed by atoms with Gasteiger partial charge in [-0.05, 0) is 47.7 Å². The van der Waals surface area contributed by atoms with Crippen LogP contribution in [0.5, 0.6) is 0 Å². The Balaban J connectivity index is 0.00000144. The van der Waals surface area contributed by atoms with Crippen LogP contribution < -0.4 is 5.32 Å². The lowest BCUT2D eigenvalue weighted by molar-refractivity contribution is 0.0655. The van der Waals surface area contributed by atoms with E-state index in [4.69, 9.17) is 0 Å². The van der Waals surface area contributed by atoms with Crippen LogP contribution in [-0.2, 0) is 0 Å². The first-order chi connectivity index (χ1) is 7.68. The molecule has 2 rings (SSSR count). The lowest BCUT2D eigenvalue weighted by Crippen LogP contribution is -2.52. The van der Waals surface area contributed by atoms with Crippen LogP contribution in [0.4, 0.5) is 0 Å². The number of piperazine rings is 1. The smallest absolute Gasteiger partial charge is 0.254 e. The van der Waals surface area contributed by atoms with Crippen molar-refractivity contribution in [3.8, 4) is 0 Å². The molecule has 0 spiro atoms. The van der Waals surface area contributed by atoms with E-state index in [0.29, 0.717) is 0 Å². The highest BCUT2D eigenvalue weighted by Crippen LogP contribution is 2.13. The molecule has 1 saturated heterocycles. The number of nitrogens with one attached hydrogen (secondary N) is 1. The molecule has 0 aromatic heterocycles. The summed E-state index contributed by atoms with van der Waals surface area (Å²) in [6.45, 7) is 4.65. The molecule has 1 aromatic carbocycles. The Hall–Kier alpha value is -0.330. The maximum Gasteiger partial charge on any atom is 0.254 e. The van der Waals surface area contributed by atoms with Crippen LogP contribution >= 0.6 is 35.0 Å². The second kappa shape index (κ2) is 6.56. The van der Waals surface area contributed by atoms with Crippen molar-refractivity contribution in [3.63, 3.8) is 0 Å². The molecule has 1 amide bonds. The van der Waals surface area contributed by atoms with Gasteiger partial charge in [-0.25, -0.2) is 0 Å². The van der Waals surface area contributed by atoms with E-state index in [0.717, 1.165) is 28.8 Å². The summed E-state index contributed by atoms with van der Waals surface area (Å²) in [6.07, 6.45) is 0. The summed E-state index contributed by atoms with van der Waals surface area (Å²) in [7, 11) is 0. The van der Waals surface area contributed by atoms with Gasteiger partial charge in [-0.1, -0.05) is 6.07 Å². The molecule has 1 aliphatic rings. The minimum atomic E-state index is 0. The lowest BCUT2D eigenvalue weighted by Gasteiger charge is -2.34. The average Bonchev–Trinajstić information content (AvgIpc) is 2.29. The van der Waals surface area contributed by atoms with E-state index >= 15 is 0 Å². The molecule has 3 nitrogen and oxygen atoms in total. The first-order valence-corrected chi connectivity index (χ1v) is 6.53. The van der Waals surface area contributed by atoms with E-state index in [1.807, 2.05) is 29.2 Å². The van der Waals surface area contributed by atoms with Crippen LogP contribution in [0.2, 0.25) is 0 Å². The van der Waals surface area contributed by atoms with Crippen LogP contribution in [0.25, 0.3) is 0 Å². The minimum absolute atomic E-state index is 0. The summed E-state index contributed by atoms with van der Waals surface area (Å²) in [6, 6.07) is 8.04. The molecule has 0 unspecified atom stereocenters. The molecule has 1 atom stereocenters. The van der Waals surface area contributed by atoms with Crippen molar-refractivity contribution < 1.29 is 4.79 Å². The molecule has 1 aliphatic heterocycles. The fourth-order valence-electron chi connectivity index (χ4n) is 1.93. The number of hydrogen-bond acceptors (Lipinski definition) is 2. The summed E-state index contributed by atoms with van der Waals surface area (Å²) >= 11 is 2.23. The van der Waals surface area contributed by atoms with Gasteiger partial charge < -0.3 is 10.2 Å². The summed E-state index contributed by atoms with van der Waals surface area (Å²) in [5.41, 5.74) is 0.792. The fourth-order valence-corrected chi connectivity index (χ4v) is 2.47. The Bertz CT molecular complexity index is 400. The molecule has 5 heteroatoms. The highest BCUT2D eigenvalue weighted by Gasteiger charge is 2.23. The Morgan fingerprint density at radius 2 is 2.29 bits per heavy atom. The number of hydrogen-bond donors (Lipinski definition) is 1. The molecule has 0 radical (unpaired) electrons. The molecule has 1 heterocycles. The summed E-state index contributed by atoms with van der Waals surface area (Å²) in [4.78, 5) is 14.2. The number of amides is 1. The number of benzene rings is 1. The van der Waals surface area contributed by atoms with Crippen LogP contribution in [0.1, 0.15) is 17.3 Å². The summed E-state index contributed by atoms with van der Waals surface area (Å²) < 4.78 is 1.10. The summed E-state index contributed by atoms with van der Waals surface area (Å²) in [5.74, 6) is 0.146. The van der Waals surface area contributed by atoms with Gasteiger partial charge in [0.05, 0.1) is 0 Å². The first-order valence-electron chi connectivity index (χ1n) is 5.46. The van der Waals surface area contributed by atoms with Crippen molar-refractivity contribution in [2.75, 3.05) is 19.6 Å². The number of carbonyl (C=O) groups is 1. The maximum atomic E-state index is 12.3. The normalized spacial score (nSPS) is 19.6. The number of nitrogens with zero attached hydrogens (tertiary/aromatic N) is 1. The van der Waals surface area contributed by atoms with E-state index < -0.39 is 0 Å². The van der Waals surface area contributed by atoms with Crippen molar-refractivity contribution in [2.45, 2.75) is 13.0 Å². The number of halogens is 2. The Kier molecular flexibility index (Phi) is 5.69. The van der Waals surface area contributed by atoms with Crippen LogP contribution in [-0.4, -0.2) is 36.5 Å². The summed E-state index contributed by atoms with van der Waals surface area (Å²) in [5, 5.41) is 3.29. The molecule has 1 aromatic rings. The van der Waals surface area contributed by atoms with Gasteiger partial charge in [-0.2, -0.15) is 0 Å². The Morgan fingerprint density at radius 3 is 2.94 bits per heavy atom. The Morgan fingerprint density at radius 1 is 1.53 bits per heavy atom. The monoisotopic (exact) mass is 366 g/mol. The van der Waals surface area contributed by atoms with Crippen molar-refractivity contribution in [3.05, 3.63) is 33.4 Å². The molecule has 17 heavy (non-hydrogen) atoms. The lowest BCUT2D eigenvalue weighted by atomic mass is 10.1. The third-order valence-electron chi connectivity index (χ3n) is 2.83. The van der Waals surface area contributed by atoms with E-state index in [1.165, 1.54) is 0 Å². The molecular formula is C12H16ClIN2O. The minimum Gasteiger partial charge on any atom is -0.333 e. The van der Waals surface area contributed by atoms with E-state index in [2.05, 4.69) is 34.8 Å². The van der Waals surface area contributed by atoms with E-state index in [1.54, 1.807) is 0 Å². The van der Waals surface area contributed by atoms with E-state index in [9.17, 15) is 4.79 Å². The average molecular weight is 367 g/mol. The van der Waals surface area contributed by atoms with Gasteiger partial charge in [0.1, 0.15) is 0 Å². The van der Waals surface area contributed by atoms with Gasteiger partial charge in [0.15, 0.2) is 0 Å². The highest BCUT2D eigenvalue weighted by molar-refractivity contribution is 14.1. The van der Waals surface area contributed by atoms with Gasteiger partial charge in [0.2, 0.25) is 0 Å². The predicted molar refractivity (Wildman–Crippen MR) is 79.8 cm³/mol. The molecule has 0 saturated carbocycles. The molecule has 0 aliphatic carbocycles. The zero-order chi connectivity index (χ0) is 11.5. The van der Waals surface area contributed by atoms with Crippen molar-refractivity contribution in [1.29, 1.82) is 0 Å². The maximum absolute atomic E-state index is 12.3. The molecule has 1 N–H and O–H groups in total. The second-order valence-electron chi connectivity index (χ2n) is 4.06. The van der Waals surface area contributed by atoms with Crippen LogP contribution in [0.15, 0.2) is 24.3 Å². The van der Waals surface area contributed by atoms with Crippen LogP contribution in [0, 0.1) is 3.57 Å². The van der Waals surface area contributed by atoms with Crippen molar-refractivity contribution in [1.82, 2.24) is 10.2 Å².